The van der Waals surface area contributed by atoms with Gasteiger partial charge in [0.1, 0.15) is 5.82 Å². The molecule has 0 aromatic carbocycles. The van der Waals surface area contributed by atoms with E-state index >= 15 is 0 Å². The summed E-state index contributed by atoms with van der Waals surface area (Å²) in [6, 6.07) is 4.04. The van der Waals surface area contributed by atoms with Crippen LogP contribution in [0.4, 0.5) is 5.82 Å². The first kappa shape index (κ1) is 12.4. The van der Waals surface area contributed by atoms with Crippen molar-refractivity contribution in [2.75, 3.05) is 18.0 Å². The molecular formula is C14H23N3. The van der Waals surface area contributed by atoms with Crippen LogP contribution >= 0.6 is 0 Å². The fourth-order valence-corrected chi connectivity index (χ4v) is 2.53. The molecule has 0 bridgehead atoms. The summed E-state index contributed by atoms with van der Waals surface area (Å²) < 4.78 is 0. The summed E-state index contributed by atoms with van der Waals surface area (Å²) in [5.74, 6) is 1.83. The molecule has 1 aromatic rings. The lowest BCUT2D eigenvalue weighted by Crippen LogP contribution is -2.27. The molecule has 1 saturated heterocycles. The van der Waals surface area contributed by atoms with Crippen molar-refractivity contribution in [2.45, 2.75) is 33.7 Å². The van der Waals surface area contributed by atoms with Crippen molar-refractivity contribution in [3.63, 3.8) is 0 Å². The van der Waals surface area contributed by atoms with Crippen LogP contribution in [0.25, 0.3) is 0 Å². The third-order valence-electron chi connectivity index (χ3n) is 3.80. The minimum Gasteiger partial charge on any atom is -0.356 e. The summed E-state index contributed by atoms with van der Waals surface area (Å²) in [6.45, 7) is 9.75. The zero-order valence-corrected chi connectivity index (χ0v) is 11.1. The van der Waals surface area contributed by atoms with E-state index < -0.39 is 0 Å². The molecule has 0 amide bonds. The molecule has 2 heterocycles. The number of nitrogens with zero attached hydrogens (tertiary/aromatic N) is 2. The molecule has 2 rings (SSSR count). The van der Waals surface area contributed by atoms with Crippen LogP contribution in [0.3, 0.4) is 0 Å². The highest BCUT2D eigenvalue weighted by Crippen LogP contribution is 2.35. The molecule has 1 atom stereocenters. The number of nitrogens with two attached hydrogens (primary N) is 1. The number of anilines is 1. The van der Waals surface area contributed by atoms with Gasteiger partial charge in [-0.3, -0.25) is 0 Å². The maximum Gasteiger partial charge on any atom is 0.133 e. The van der Waals surface area contributed by atoms with E-state index in [1.807, 2.05) is 12.3 Å². The summed E-state index contributed by atoms with van der Waals surface area (Å²) in [5, 5.41) is 0. The Morgan fingerprint density at radius 1 is 1.47 bits per heavy atom. The second-order valence-corrected chi connectivity index (χ2v) is 5.99. The van der Waals surface area contributed by atoms with Crippen LogP contribution in [0, 0.1) is 11.3 Å². The number of hydrogen-bond donors (Lipinski definition) is 1. The monoisotopic (exact) mass is 233 g/mol. The van der Waals surface area contributed by atoms with Crippen molar-refractivity contribution in [1.29, 1.82) is 0 Å². The van der Waals surface area contributed by atoms with Crippen molar-refractivity contribution >= 4 is 5.82 Å². The maximum absolute atomic E-state index is 5.77. The van der Waals surface area contributed by atoms with Gasteiger partial charge in [-0.2, -0.15) is 0 Å². The zero-order valence-electron chi connectivity index (χ0n) is 11.1. The van der Waals surface area contributed by atoms with Crippen LogP contribution in [0.5, 0.6) is 0 Å². The van der Waals surface area contributed by atoms with E-state index in [0.717, 1.165) is 30.4 Å². The first-order valence-electron chi connectivity index (χ1n) is 6.41. The highest BCUT2D eigenvalue weighted by molar-refractivity contribution is 5.47. The molecule has 1 aliphatic rings. The standard InChI is InChI=1S/C14H23N3/c1-14(2,3)12-6-8-17(10-12)13-11(9-15)5-4-7-16-13/h4-5,7,12H,6,8-10,15H2,1-3H3. The molecule has 94 valence electrons. The molecule has 3 nitrogen and oxygen atoms in total. The molecule has 0 spiro atoms. The fraction of sp³-hybridized carbons (Fsp3) is 0.643. The maximum atomic E-state index is 5.77. The Bertz CT molecular complexity index is 381. The molecule has 0 aliphatic carbocycles. The lowest BCUT2D eigenvalue weighted by atomic mass is 9.80. The summed E-state index contributed by atoms with van der Waals surface area (Å²) in [6.07, 6.45) is 3.11. The highest BCUT2D eigenvalue weighted by Gasteiger charge is 2.32. The highest BCUT2D eigenvalue weighted by atomic mass is 15.2. The van der Waals surface area contributed by atoms with Gasteiger partial charge < -0.3 is 10.6 Å². The molecule has 1 aliphatic heterocycles. The van der Waals surface area contributed by atoms with Gasteiger partial charge in [-0.1, -0.05) is 26.8 Å². The second kappa shape index (κ2) is 4.65. The van der Waals surface area contributed by atoms with E-state index in [1.54, 1.807) is 0 Å². The topological polar surface area (TPSA) is 42.2 Å². The number of aromatic nitrogens is 1. The third-order valence-corrected chi connectivity index (χ3v) is 3.80. The van der Waals surface area contributed by atoms with Crippen LogP contribution in [-0.4, -0.2) is 18.1 Å². The molecule has 0 saturated carbocycles. The minimum absolute atomic E-state index is 0.381. The van der Waals surface area contributed by atoms with Crippen LogP contribution in [-0.2, 0) is 6.54 Å². The van der Waals surface area contributed by atoms with Crippen molar-refractivity contribution in [3.05, 3.63) is 23.9 Å². The van der Waals surface area contributed by atoms with E-state index in [-0.39, 0.29) is 0 Å². The van der Waals surface area contributed by atoms with E-state index in [0.29, 0.717) is 12.0 Å². The Labute approximate surface area is 104 Å². The number of hydrogen-bond acceptors (Lipinski definition) is 3. The lowest BCUT2D eigenvalue weighted by Gasteiger charge is -2.27. The number of rotatable bonds is 2. The molecule has 2 N–H and O–H groups in total. The molecule has 1 fully saturated rings. The van der Waals surface area contributed by atoms with Crippen molar-refractivity contribution < 1.29 is 0 Å². The van der Waals surface area contributed by atoms with E-state index in [2.05, 4.69) is 36.7 Å². The molecule has 0 radical (unpaired) electrons. The van der Waals surface area contributed by atoms with Gasteiger partial charge in [-0.25, -0.2) is 4.98 Å². The average Bonchev–Trinajstić information content (AvgIpc) is 2.77. The van der Waals surface area contributed by atoms with Crippen LogP contribution in [0.1, 0.15) is 32.8 Å². The quantitative estimate of drug-likeness (QED) is 0.853. The minimum atomic E-state index is 0.381. The van der Waals surface area contributed by atoms with E-state index in [9.17, 15) is 0 Å². The summed E-state index contributed by atoms with van der Waals surface area (Å²) in [7, 11) is 0. The summed E-state index contributed by atoms with van der Waals surface area (Å²) in [4.78, 5) is 6.88. The molecule has 1 unspecified atom stereocenters. The van der Waals surface area contributed by atoms with Gasteiger partial charge in [0.15, 0.2) is 0 Å². The zero-order chi connectivity index (χ0) is 12.5. The predicted octanol–water partition coefficient (Wildman–Crippen LogP) is 2.41. The number of pyridine rings is 1. The largest absolute Gasteiger partial charge is 0.356 e. The van der Waals surface area contributed by atoms with Gasteiger partial charge in [-0.15, -0.1) is 0 Å². The van der Waals surface area contributed by atoms with Gasteiger partial charge in [0.05, 0.1) is 0 Å². The van der Waals surface area contributed by atoms with Gasteiger partial charge in [-0.05, 0) is 23.8 Å². The van der Waals surface area contributed by atoms with Crippen molar-refractivity contribution in [1.82, 2.24) is 4.98 Å². The lowest BCUT2D eigenvalue weighted by molar-refractivity contribution is 0.263. The van der Waals surface area contributed by atoms with Gasteiger partial charge in [0, 0.05) is 31.4 Å². The smallest absolute Gasteiger partial charge is 0.133 e. The fourth-order valence-electron chi connectivity index (χ4n) is 2.53. The van der Waals surface area contributed by atoms with Gasteiger partial charge in [0.25, 0.3) is 0 Å². The Balaban J connectivity index is 2.15. The summed E-state index contributed by atoms with van der Waals surface area (Å²) >= 11 is 0. The Morgan fingerprint density at radius 3 is 2.82 bits per heavy atom. The van der Waals surface area contributed by atoms with Gasteiger partial charge in [0.2, 0.25) is 0 Å². The molecule has 1 aromatic heterocycles. The summed E-state index contributed by atoms with van der Waals surface area (Å²) in [5.41, 5.74) is 7.31. The Hall–Kier alpha value is -1.09. The second-order valence-electron chi connectivity index (χ2n) is 5.99. The Kier molecular flexibility index (Phi) is 3.38. The normalized spacial score (nSPS) is 20.9. The molecular weight excluding hydrogens is 210 g/mol. The average molecular weight is 233 g/mol. The van der Waals surface area contributed by atoms with Crippen LogP contribution < -0.4 is 10.6 Å². The Morgan fingerprint density at radius 2 is 2.24 bits per heavy atom. The third kappa shape index (κ3) is 2.60. The first-order valence-corrected chi connectivity index (χ1v) is 6.41. The van der Waals surface area contributed by atoms with Crippen LogP contribution in [0.2, 0.25) is 0 Å². The van der Waals surface area contributed by atoms with Crippen molar-refractivity contribution in [3.8, 4) is 0 Å². The van der Waals surface area contributed by atoms with E-state index in [1.165, 1.54) is 6.42 Å². The molecule has 3 heteroatoms. The van der Waals surface area contributed by atoms with Gasteiger partial charge >= 0.3 is 0 Å². The van der Waals surface area contributed by atoms with Crippen molar-refractivity contribution in [2.24, 2.45) is 17.1 Å². The first-order chi connectivity index (χ1) is 8.02. The molecule has 17 heavy (non-hydrogen) atoms. The van der Waals surface area contributed by atoms with E-state index in [4.69, 9.17) is 5.73 Å². The predicted molar refractivity (Wildman–Crippen MR) is 71.9 cm³/mol. The SMILES string of the molecule is CC(C)(C)C1CCN(c2ncccc2CN)C1. The van der Waals surface area contributed by atoms with Crippen LogP contribution in [0.15, 0.2) is 18.3 Å².